The summed E-state index contributed by atoms with van der Waals surface area (Å²) in [7, 11) is 0. The number of nitrogens with zero attached hydrogens (tertiary/aromatic N) is 3. The van der Waals surface area contributed by atoms with E-state index in [1.54, 1.807) is 17.1 Å². The number of hydrogen-bond donors (Lipinski definition) is 1. The molecule has 94 valence electrons. The highest BCUT2D eigenvalue weighted by Crippen LogP contribution is 2.24. The number of pyridine rings is 1. The quantitative estimate of drug-likeness (QED) is 0.760. The lowest BCUT2D eigenvalue weighted by molar-refractivity contribution is 0.848. The van der Waals surface area contributed by atoms with Crippen molar-refractivity contribution < 1.29 is 0 Å². The van der Waals surface area contributed by atoms with Crippen LogP contribution >= 0.6 is 0 Å². The number of rotatable bonds is 2. The second-order valence-corrected chi connectivity index (χ2v) is 4.44. The van der Waals surface area contributed by atoms with Gasteiger partial charge in [0.2, 0.25) is 0 Å². The zero-order valence-electron chi connectivity index (χ0n) is 10.6. The van der Waals surface area contributed by atoms with Crippen LogP contribution in [0.25, 0.3) is 17.1 Å². The number of anilines is 1. The topological polar surface area (TPSA) is 56.7 Å². The van der Waals surface area contributed by atoms with Gasteiger partial charge in [0, 0.05) is 11.8 Å². The van der Waals surface area contributed by atoms with E-state index in [1.807, 2.05) is 49.4 Å². The van der Waals surface area contributed by atoms with Gasteiger partial charge in [-0.2, -0.15) is 5.10 Å². The van der Waals surface area contributed by atoms with E-state index in [4.69, 9.17) is 5.73 Å². The van der Waals surface area contributed by atoms with Crippen LogP contribution in [0, 0.1) is 6.92 Å². The molecule has 0 bridgehead atoms. The molecular weight excluding hydrogens is 236 g/mol. The molecule has 3 rings (SSSR count). The van der Waals surface area contributed by atoms with Crippen LogP contribution in [0.2, 0.25) is 0 Å². The van der Waals surface area contributed by atoms with E-state index >= 15 is 0 Å². The van der Waals surface area contributed by atoms with Crippen LogP contribution in [-0.4, -0.2) is 14.8 Å². The van der Waals surface area contributed by atoms with Crippen molar-refractivity contribution in [2.45, 2.75) is 6.92 Å². The van der Waals surface area contributed by atoms with Crippen LogP contribution in [0.1, 0.15) is 5.56 Å². The van der Waals surface area contributed by atoms with Crippen molar-refractivity contribution in [2.75, 3.05) is 5.73 Å². The smallest absolute Gasteiger partial charge is 0.153 e. The average Bonchev–Trinajstić information content (AvgIpc) is 2.82. The van der Waals surface area contributed by atoms with Gasteiger partial charge in [-0.15, -0.1) is 0 Å². The molecule has 4 nitrogen and oxygen atoms in total. The zero-order chi connectivity index (χ0) is 13.2. The molecule has 3 aromatic rings. The van der Waals surface area contributed by atoms with E-state index in [0.29, 0.717) is 5.69 Å². The summed E-state index contributed by atoms with van der Waals surface area (Å²) in [4.78, 5) is 4.30. The van der Waals surface area contributed by atoms with Crippen molar-refractivity contribution in [1.29, 1.82) is 0 Å². The predicted octanol–water partition coefficient (Wildman–Crippen LogP) is 2.82. The van der Waals surface area contributed by atoms with Crippen LogP contribution in [0.4, 0.5) is 5.69 Å². The summed E-state index contributed by atoms with van der Waals surface area (Å²) in [6, 6.07) is 13.8. The standard InChI is InChI=1S/C15H14N4/c1-11-7-8-17-14(9-11)19-10-13(16)15(18-19)12-5-3-2-4-6-12/h2-10H,16H2,1H3. The first-order chi connectivity index (χ1) is 9.24. The van der Waals surface area contributed by atoms with Crippen LogP contribution in [-0.2, 0) is 0 Å². The Morgan fingerprint density at radius 2 is 1.89 bits per heavy atom. The molecule has 0 radical (unpaired) electrons. The fraction of sp³-hybridized carbons (Fsp3) is 0.0667. The van der Waals surface area contributed by atoms with E-state index in [9.17, 15) is 0 Å². The molecule has 0 aliphatic rings. The van der Waals surface area contributed by atoms with Gasteiger partial charge in [0.15, 0.2) is 5.82 Å². The lowest BCUT2D eigenvalue weighted by atomic mass is 10.1. The Balaban J connectivity index is 2.07. The molecule has 0 spiro atoms. The minimum Gasteiger partial charge on any atom is -0.396 e. The molecule has 0 saturated carbocycles. The van der Waals surface area contributed by atoms with Crippen LogP contribution < -0.4 is 5.73 Å². The van der Waals surface area contributed by atoms with E-state index in [0.717, 1.165) is 22.6 Å². The van der Waals surface area contributed by atoms with Crippen LogP contribution in [0.3, 0.4) is 0 Å². The fourth-order valence-corrected chi connectivity index (χ4v) is 1.97. The molecule has 0 aliphatic heterocycles. The Kier molecular flexibility index (Phi) is 2.76. The first-order valence-corrected chi connectivity index (χ1v) is 6.07. The normalized spacial score (nSPS) is 10.6. The van der Waals surface area contributed by atoms with Gasteiger partial charge in [-0.25, -0.2) is 9.67 Å². The number of nitrogen functional groups attached to an aromatic ring is 1. The molecule has 0 atom stereocenters. The molecule has 0 aliphatic carbocycles. The lowest BCUT2D eigenvalue weighted by Crippen LogP contribution is -1.98. The highest BCUT2D eigenvalue weighted by Gasteiger charge is 2.09. The summed E-state index contributed by atoms with van der Waals surface area (Å²) in [5.41, 5.74) is 9.61. The van der Waals surface area contributed by atoms with Gasteiger partial charge in [-0.1, -0.05) is 30.3 Å². The molecular formula is C15H14N4. The Bertz CT molecular complexity index is 701. The van der Waals surface area contributed by atoms with Crippen LogP contribution in [0.15, 0.2) is 54.9 Å². The third kappa shape index (κ3) is 2.20. The van der Waals surface area contributed by atoms with Crippen molar-refractivity contribution in [3.63, 3.8) is 0 Å². The summed E-state index contributed by atoms with van der Waals surface area (Å²) >= 11 is 0. The molecule has 1 aromatic carbocycles. The maximum atomic E-state index is 6.04. The summed E-state index contributed by atoms with van der Waals surface area (Å²) in [5.74, 6) is 0.772. The van der Waals surface area contributed by atoms with E-state index in [-0.39, 0.29) is 0 Å². The summed E-state index contributed by atoms with van der Waals surface area (Å²) in [6.45, 7) is 2.02. The minimum absolute atomic E-state index is 0.648. The van der Waals surface area contributed by atoms with Crippen molar-refractivity contribution in [1.82, 2.24) is 14.8 Å². The van der Waals surface area contributed by atoms with E-state index in [2.05, 4.69) is 10.1 Å². The molecule has 2 N–H and O–H groups in total. The highest BCUT2D eigenvalue weighted by atomic mass is 15.3. The van der Waals surface area contributed by atoms with Gasteiger partial charge in [0.1, 0.15) is 5.69 Å². The molecule has 2 aromatic heterocycles. The number of nitrogens with two attached hydrogens (primary N) is 1. The Morgan fingerprint density at radius 3 is 2.63 bits per heavy atom. The number of hydrogen-bond acceptors (Lipinski definition) is 3. The first-order valence-electron chi connectivity index (χ1n) is 6.07. The van der Waals surface area contributed by atoms with Gasteiger partial charge in [0.25, 0.3) is 0 Å². The van der Waals surface area contributed by atoms with Crippen molar-refractivity contribution in [3.05, 3.63) is 60.4 Å². The molecule has 0 amide bonds. The van der Waals surface area contributed by atoms with Gasteiger partial charge in [0.05, 0.1) is 11.9 Å². The van der Waals surface area contributed by atoms with Crippen molar-refractivity contribution in [3.8, 4) is 17.1 Å². The van der Waals surface area contributed by atoms with Gasteiger partial charge < -0.3 is 5.73 Å². The number of aryl methyl sites for hydroxylation is 1. The molecule has 0 saturated heterocycles. The SMILES string of the molecule is Cc1ccnc(-n2cc(N)c(-c3ccccc3)n2)c1. The summed E-state index contributed by atoms with van der Waals surface area (Å²) < 4.78 is 1.71. The second-order valence-electron chi connectivity index (χ2n) is 4.44. The third-order valence-electron chi connectivity index (χ3n) is 2.93. The second kappa shape index (κ2) is 4.57. The number of benzene rings is 1. The van der Waals surface area contributed by atoms with Crippen LogP contribution in [0.5, 0.6) is 0 Å². The Labute approximate surface area is 111 Å². The third-order valence-corrected chi connectivity index (χ3v) is 2.93. The fourth-order valence-electron chi connectivity index (χ4n) is 1.97. The maximum absolute atomic E-state index is 6.04. The molecule has 19 heavy (non-hydrogen) atoms. The van der Waals surface area contributed by atoms with E-state index < -0.39 is 0 Å². The predicted molar refractivity (Wildman–Crippen MR) is 75.9 cm³/mol. The van der Waals surface area contributed by atoms with Gasteiger partial charge in [-0.05, 0) is 24.6 Å². The largest absolute Gasteiger partial charge is 0.396 e. The van der Waals surface area contributed by atoms with Crippen molar-refractivity contribution in [2.24, 2.45) is 0 Å². The summed E-state index contributed by atoms with van der Waals surface area (Å²) in [5, 5.41) is 4.52. The molecule has 2 heterocycles. The maximum Gasteiger partial charge on any atom is 0.153 e. The monoisotopic (exact) mass is 250 g/mol. The summed E-state index contributed by atoms with van der Waals surface area (Å²) in [6.07, 6.45) is 3.56. The first kappa shape index (κ1) is 11.5. The number of aromatic nitrogens is 3. The van der Waals surface area contributed by atoms with Gasteiger partial charge >= 0.3 is 0 Å². The highest BCUT2D eigenvalue weighted by molar-refractivity contribution is 5.72. The minimum atomic E-state index is 0.648. The van der Waals surface area contributed by atoms with Gasteiger partial charge in [-0.3, -0.25) is 0 Å². The van der Waals surface area contributed by atoms with Crippen molar-refractivity contribution >= 4 is 5.69 Å². The Morgan fingerprint density at radius 1 is 1.11 bits per heavy atom. The Hall–Kier alpha value is -2.62. The van der Waals surface area contributed by atoms with E-state index in [1.165, 1.54) is 0 Å². The lowest BCUT2D eigenvalue weighted by Gasteiger charge is -2.00. The molecule has 0 unspecified atom stereocenters. The zero-order valence-corrected chi connectivity index (χ0v) is 10.6. The molecule has 0 fully saturated rings. The molecule has 4 heteroatoms. The average molecular weight is 250 g/mol.